The molecule has 0 saturated heterocycles. The molecule has 1 unspecified atom stereocenters. The number of nitrogens with two attached hydrogens (primary N) is 2. The molecule has 0 aliphatic rings. The number of ketones is 1. The first-order valence-corrected chi connectivity index (χ1v) is 20.0. The SMILES string of the molecule is C[C@H](CCC(=O)N[C@@H](Cc1ccccc1)C(=O)NC[C@H](N)C(=O)C(N)CN[C@@H](CC(=O)O)C(=O)N[C@@H](CS)C(=O)O)NC(=O)CC[C@H](NC(=O)N[C@@H](CCC(=O)O)C(=O)O)C(=O)O. The molecule has 0 aliphatic carbocycles. The van der Waals surface area contributed by atoms with Crippen molar-refractivity contribution in [1.82, 2.24) is 37.2 Å². The van der Waals surface area contributed by atoms with Crippen LogP contribution in [0.2, 0.25) is 0 Å². The van der Waals surface area contributed by atoms with Gasteiger partial charge in [-0.2, -0.15) is 12.6 Å². The van der Waals surface area contributed by atoms with E-state index in [2.05, 4.69) is 39.2 Å². The number of carbonyl (C=O) groups is 11. The van der Waals surface area contributed by atoms with Crippen LogP contribution in [-0.4, -0.2) is 158 Å². The van der Waals surface area contributed by atoms with Gasteiger partial charge in [0.1, 0.15) is 24.2 Å². The number of carboxylic acid groups (broad SMARTS) is 5. The Hall–Kier alpha value is -6.38. The van der Waals surface area contributed by atoms with E-state index in [1.807, 2.05) is 10.6 Å². The summed E-state index contributed by atoms with van der Waals surface area (Å²) < 4.78 is 0. The van der Waals surface area contributed by atoms with Crippen LogP contribution in [0.15, 0.2) is 30.3 Å². The predicted molar refractivity (Wildman–Crippen MR) is 221 cm³/mol. The van der Waals surface area contributed by atoms with Crippen LogP contribution in [0.25, 0.3) is 0 Å². The first-order chi connectivity index (χ1) is 29.5. The van der Waals surface area contributed by atoms with Crippen LogP contribution in [0.3, 0.4) is 0 Å². The molecule has 0 aliphatic heterocycles. The standard InChI is InChI=1S/C37H55N9O16S/c1-18(42-27(47)11-8-22(34(56)57)45-37(62)46-23(35(58)59)9-12-29(49)50)7-10-28(48)43-25(13-19-5-3-2-4-6-19)32(54)41-16-21(39)31(53)20(38)15-40-24(14-30(51)52)33(55)44-26(17-63)36(60)61/h2-6,18,20-26,40,63H,7-17,38-39H2,1H3,(H,41,54)(H,42,47)(H,43,48)(H,44,55)(H,49,50)(H,51,52)(H,56,57)(H,58,59)(H,60,61)(H2,45,46,62)/t18-,20?,21+,22+,23+,24+,25+,26+/m1/s1. The second kappa shape index (κ2) is 28.3. The molecule has 0 fully saturated rings. The summed E-state index contributed by atoms with van der Waals surface area (Å²) >= 11 is 3.84. The van der Waals surface area contributed by atoms with E-state index in [1.165, 1.54) is 0 Å². The fraction of sp³-hybridized carbons (Fsp3) is 0.541. The highest BCUT2D eigenvalue weighted by Gasteiger charge is 2.30. The van der Waals surface area contributed by atoms with Crippen LogP contribution < -0.4 is 48.7 Å². The van der Waals surface area contributed by atoms with Crippen molar-refractivity contribution in [1.29, 1.82) is 0 Å². The summed E-state index contributed by atoms with van der Waals surface area (Å²) in [4.78, 5) is 133. The molecule has 1 rings (SSSR count). The van der Waals surface area contributed by atoms with Crippen molar-refractivity contribution in [3.63, 3.8) is 0 Å². The first-order valence-electron chi connectivity index (χ1n) is 19.3. The van der Waals surface area contributed by atoms with Crippen molar-refractivity contribution in [3.8, 4) is 0 Å². The quantitative estimate of drug-likeness (QED) is 0.0317. The van der Waals surface area contributed by atoms with Crippen molar-refractivity contribution < 1.29 is 78.3 Å². The molecule has 0 radical (unpaired) electrons. The summed E-state index contributed by atoms with van der Waals surface area (Å²) in [5.41, 5.74) is 12.6. The highest BCUT2D eigenvalue weighted by atomic mass is 32.1. The Kier molecular flexibility index (Phi) is 24.5. The van der Waals surface area contributed by atoms with Crippen LogP contribution in [-0.2, 0) is 54.4 Å². The van der Waals surface area contributed by atoms with E-state index in [9.17, 15) is 68.1 Å². The minimum absolute atomic E-state index is 0.0103. The molecule has 63 heavy (non-hydrogen) atoms. The van der Waals surface area contributed by atoms with Crippen molar-refractivity contribution in [3.05, 3.63) is 35.9 Å². The van der Waals surface area contributed by atoms with E-state index in [0.717, 1.165) is 0 Å². The Morgan fingerprint density at radius 1 is 0.587 bits per heavy atom. The van der Waals surface area contributed by atoms with Gasteiger partial charge in [0.2, 0.25) is 23.6 Å². The lowest BCUT2D eigenvalue weighted by Gasteiger charge is -2.23. The number of Topliss-reactive ketones (excluding diaryl/α,β-unsaturated/α-hetero) is 1. The molecule has 0 aromatic heterocycles. The van der Waals surface area contributed by atoms with E-state index in [0.29, 0.717) is 5.56 Å². The third kappa shape index (κ3) is 22.3. The molecular formula is C37H55N9O16S. The number of urea groups is 1. The molecule has 0 heterocycles. The number of rotatable bonds is 31. The lowest BCUT2D eigenvalue weighted by molar-refractivity contribution is -0.143. The Balaban J connectivity index is 2.78. The maximum Gasteiger partial charge on any atom is 0.327 e. The molecule has 1 aromatic rings. The highest BCUT2D eigenvalue weighted by molar-refractivity contribution is 7.80. The molecule has 26 heteroatoms. The van der Waals surface area contributed by atoms with Gasteiger partial charge >= 0.3 is 35.9 Å². The Bertz CT molecular complexity index is 1790. The van der Waals surface area contributed by atoms with Crippen LogP contribution in [0, 0.1) is 0 Å². The van der Waals surface area contributed by atoms with Crippen molar-refractivity contribution in [2.75, 3.05) is 18.8 Å². The first kappa shape index (κ1) is 54.6. The van der Waals surface area contributed by atoms with Gasteiger partial charge in [0.15, 0.2) is 5.78 Å². The minimum Gasteiger partial charge on any atom is -0.481 e. The molecule has 1 aromatic carbocycles. The number of carbonyl (C=O) groups excluding carboxylic acids is 6. The zero-order valence-corrected chi connectivity index (χ0v) is 35.0. The third-order valence-electron chi connectivity index (χ3n) is 8.96. The lowest BCUT2D eigenvalue weighted by Crippen LogP contribution is -2.57. The van der Waals surface area contributed by atoms with Gasteiger partial charge in [-0.1, -0.05) is 30.3 Å². The monoisotopic (exact) mass is 913 g/mol. The maximum atomic E-state index is 13.3. The predicted octanol–water partition coefficient (Wildman–Crippen LogP) is -3.88. The van der Waals surface area contributed by atoms with Gasteiger partial charge in [-0.25, -0.2) is 19.2 Å². The average molecular weight is 914 g/mol. The Morgan fingerprint density at radius 2 is 1.11 bits per heavy atom. The van der Waals surface area contributed by atoms with Gasteiger partial charge in [-0.3, -0.25) is 33.6 Å². The molecule has 350 valence electrons. The van der Waals surface area contributed by atoms with Gasteiger partial charge < -0.3 is 74.2 Å². The minimum atomic E-state index is -1.62. The van der Waals surface area contributed by atoms with E-state index >= 15 is 0 Å². The third-order valence-corrected chi connectivity index (χ3v) is 9.33. The van der Waals surface area contributed by atoms with E-state index in [4.69, 9.17) is 21.7 Å². The van der Waals surface area contributed by atoms with Crippen LogP contribution in [0.1, 0.15) is 57.4 Å². The van der Waals surface area contributed by atoms with Crippen molar-refractivity contribution in [2.24, 2.45) is 11.5 Å². The summed E-state index contributed by atoms with van der Waals surface area (Å²) in [5.74, 6) is -11.3. The second-order valence-corrected chi connectivity index (χ2v) is 14.6. The average Bonchev–Trinajstić information content (AvgIpc) is 3.21. The molecule has 6 amide bonds. The van der Waals surface area contributed by atoms with Gasteiger partial charge in [-0.15, -0.1) is 0 Å². The number of thiol groups is 1. The number of carboxylic acids is 5. The molecule has 0 bridgehead atoms. The second-order valence-electron chi connectivity index (χ2n) is 14.2. The Morgan fingerprint density at radius 3 is 1.63 bits per heavy atom. The number of benzene rings is 1. The largest absolute Gasteiger partial charge is 0.481 e. The summed E-state index contributed by atoms with van der Waals surface area (Å²) in [6.07, 6.45) is -2.78. The molecule has 0 saturated carbocycles. The number of hydrogen-bond donors (Lipinski definition) is 15. The number of hydrogen-bond acceptors (Lipinski definition) is 15. The molecule has 8 atom stereocenters. The normalized spacial score (nSPS) is 14.7. The Labute approximate surface area is 365 Å². The fourth-order valence-electron chi connectivity index (χ4n) is 5.48. The van der Waals surface area contributed by atoms with Crippen LogP contribution in [0.4, 0.5) is 4.79 Å². The number of aliphatic carboxylic acids is 5. The van der Waals surface area contributed by atoms with Crippen molar-refractivity contribution >= 4 is 77.9 Å². The van der Waals surface area contributed by atoms with Gasteiger partial charge in [0.05, 0.1) is 24.5 Å². The zero-order chi connectivity index (χ0) is 47.8. The fourth-order valence-corrected chi connectivity index (χ4v) is 5.73. The summed E-state index contributed by atoms with van der Waals surface area (Å²) in [5, 5.41) is 62.2. The summed E-state index contributed by atoms with van der Waals surface area (Å²) in [7, 11) is 0. The molecule has 16 N–H and O–H groups in total. The summed E-state index contributed by atoms with van der Waals surface area (Å²) in [6.45, 7) is 0.653. The van der Waals surface area contributed by atoms with Gasteiger partial charge in [-0.05, 0) is 31.7 Å². The zero-order valence-electron chi connectivity index (χ0n) is 34.1. The number of nitrogens with one attached hydrogen (secondary N) is 7. The molecular weight excluding hydrogens is 859 g/mol. The highest BCUT2D eigenvalue weighted by Crippen LogP contribution is 2.07. The lowest BCUT2D eigenvalue weighted by atomic mass is 10.0. The van der Waals surface area contributed by atoms with E-state index < -0.39 is 159 Å². The molecule has 0 spiro atoms. The van der Waals surface area contributed by atoms with Gasteiger partial charge in [0, 0.05) is 50.6 Å². The maximum absolute atomic E-state index is 13.3. The van der Waals surface area contributed by atoms with Crippen LogP contribution >= 0.6 is 12.6 Å². The van der Waals surface area contributed by atoms with E-state index in [-0.39, 0.29) is 25.0 Å². The topological polar surface area (TPSA) is 425 Å². The smallest absolute Gasteiger partial charge is 0.327 e. The van der Waals surface area contributed by atoms with Crippen molar-refractivity contribution in [2.45, 2.75) is 107 Å². The number of amides is 6. The van der Waals surface area contributed by atoms with E-state index in [1.54, 1.807) is 37.3 Å². The van der Waals surface area contributed by atoms with Gasteiger partial charge in [0.25, 0.3) is 0 Å². The molecule has 25 nitrogen and oxygen atoms in total. The van der Waals surface area contributed by atoms with Crippen LogP contribution in [0.5, 0.6) is 0 Å². The summed E-state index contributed by atoms with van der Waals surface area (Å²) in [6, 6.07) is -3.40.